The Morgan fingerprint density at radius 1 is 0.269 bits per heavy atom. The summed E-state index contributed by atoms with van der Waals surface area (Å²) in [4.78, 5) is 73.2. The predicted octanol–water partition coefficient (Wildman–Crippen LogP) is 24.8. The van der Waals surface area contributed by atoms with E-state index in [2.05, 4.69) is 167 Å². The minimum absolute atomic E-state index is 0.0282. The van der Waals surface area contributed by atoms with Gasteiger partial charge in [0.15, 0.2) is 12.2 Å². The van der Waals surface area contributed by atoms with Crippen molar-refractivity contribution in [3.63, 3.8) is 0 Å². The molecule has 0 saturated carbocycles. The second-order valence-electron chi connectivity index (χ2n) is 27.3. The molecule has 0 aliphatic heterocycles. The molecule has 17 nitrogen and oxygen atoms in total. The Balaban J connectivity index is 5.45. The van der Waals surface area contributed by atoms with Gasteiger partial charge in [-0.25, -0.2) is 9.13 Å². The van der Waals surface area contributed by atoms with Crippen LogP contribution in [-0.4, -0.2) is 96.7 Å². The van der Waals surface area contributed by atoms with Crippen molar-refractivity contribution in [3.8, 4) is 0 Å². The van der Waals surface area contributed by atoms with Crippen molar-refractivity contribution >= 4 is 39.5 Å². The molecule has 0 rings (SSSR count). The van der Waals surface area contributed by atoms with Crippen LogP contribution in [0.4, 0.5) is 0 Å². The molecule has 0 aromatic carbocycles. The number of phosphoric ester groups is 2. The fourth-order valence-corrected chi connectivity index (χ4v) is 12.4. The van der Waals surface area contributed by atoms with Crippen molar-refractivity contribution in [3.05, 3.63) is 158 Å². The monoisotopic (exact) mass is 1550 g/mol. The number of carbonyl (C=O) groups excluding carboxylic acids is 4. The van der Waals surface area contributed by atoms with Crippen LogP contribution in [0, 0.1) is 0 Å². The number of ether oxygens (including phenoxy) is 4. The molecular weight excluding hydrogens is 1400 g/mol. The Bertz CT molecular complexity index is 2660. The third kappa shape index (κ3) is 78.8. The van der Waals surface area contributed by atoms with E-state index in [9.17, 15) is 43.2 Å². The van der Waals surface area contributed by atoms with Crippen LogP contribution in [0.25, 0.3) is 0 Å². The summed E-state index contributed by atoms with van der Waals surface area (Å²) in [6.07, 6.45) is 93.6. The van der Waals surface area contributed by atoms with Gasteiger partial charge in [0, 0.05) is 25.7 Å². The first-order valence-corrected chi connectivity index (χ1v) is 44.7. The highest BCUT2D eigenvalue weighted by atomic mass is 31.2. The molecule has 108 heavy (non-hydrogen) atoms. The van der Waals surface area contributed by atoms with E-state index >= 15 is 0 Å². The molecule has 5 unspecified atom stereocenters. The first-order chi connectivity index (χ1) is 52.7. The maximum absolute atomic E-state index is 13.1. The number of phosphoric acid groups is 2. The van der Waals surface area contributed by atoms with Crippen molar-refractivity contribution in [1.29, 1.82) is 0 Å². The van der Waals surface area contributed by atoms with Crippen molar-refractivity contribution in [2.75, 3.05) is 39.6 Å². The first kappa shape index (κ1) is 103. The third-order valence-corrected chi connectivity index (χ3v) is 18.9. The summed E-state index contributed by atoms with van der Waals surface area (Å²) in [6.45, 7) is 4.45. The largest absolute Gasteiger partial charge is 0.472 e. The number of unbranched alkanes of at least 4 members (excludes halogenated alkanes) is 25. The van der Waals surface area contributed by atoms with Gasteiger partial charge < -0.3 is 33.8 Å². The van der Waals surface area contributed by atoms with Gasteiger partial charge in [-0.1, -0.05) is 321 Å². The first-order valence-electron chi connectivity index (χ1n) is 41.7. The van der Waals surface area contributed by atoms with Gasteiger partial charge >= 0.3 is 39.5 Å². The van der Waals surface area contributed by atoms with E-state index in [1.807, 2.05) is 18.2 Å². The van der Waals surface area contributed by atoms with E-state index in [1.54, 1.807) is 0 Å². The number of rotatable bonds is 77. The van der Waals surface area contributed by atoms with Gasteiger partial charge in [0.05, 0.1) is 26.4 Å². The summed E-state index contributed by atoms with van der Waals surface area (Å²) in [5, 5.41) is 10.7. The number of aliphatic hydroxyl groups excluding tert-OH is 1. The van der Waals surface area contributed by atoms with Crippen LogP contribution in [0.2, 0.25) is 0 Å². The summed E-state index contributed by atoms with van der Waals surface area (Å²) in [5.74, 6) is -2.30. The van der Waals surface area contributed by atoms with E-state index in [1.165, 1.54) is 51.4 Å². The fourth-order valence-electron chi connectivity index (χ4n) is 10.8. The number of aliphatic hydroxyl groups is 1. The molecular formula is C89H148O17P2. The summed E-state index contributed by atoms with van der Waals surface area (Å²) < 4.78 is 68.7. The highest BCUT2D eigenvalue weighted by Gasteiger charge is 2.30. The molecule has 0 aliphatic rings. The van der Waals surface area contributed by atoms with Gasteiger partial charge in [0.2, 0.25) is 0 Å². The van der Waals surface area contributed by atoms with Crippen LogP contribution in [0.5, 0.6) is 0 Å². The average Bonchev–Trinajstić information content (AvgIpc) is 0.892. The number of hydrogen-bond acceptors (Lipinski definition) is 15. The molecule has 5 atom stereocenters. The van der Waals surface area contributed by atoms with Gasteiger partial charge in [0.25, 0.3) is 0 Å². The third-order valence-electron chi connectivity index (χ3n) is 17.0. The van der Waals surface area contributed by atoms with Gasteiger partial charge in [-0.05, 0) is 135 Å². The maximum atomic E-state index is 13.1. The lowest BCUT2D eigenvalue weighted by Gasteiger charge is -2.21. The molecule has 0 bridgehead atoms. The number of esters is 4. The highest BCUT2D eigenvalue weighted by Crippen LogP contribution is 2.45. The Hall–Kier alpha value is -5.32. The normalized spacial score (nSPS) is 14.6. The van der Waals surface area contributed by atoms with Crippen LogP contribution in [0.15, 0.2) is 158 Å². The average molecular weight is 1550 g/mol. The Morgan fingerprint density at radius 3 is 0.796 bits per heavy atom. The highest BCUT2D eigenvalue weighted by molar-refractivity contribution is 7.47. The zero-order valence-electron chi connectivity index (χ0n) is 67.5. The smallest absolute Gasteiger partial charge is 0.462 e. The van der Waals surface area contributed by atoms with Crippen LogP contribution in [-0.2, 0) is 65.4 Å². The van der Waals surface area contributed by atoms with Crippen LogP contribution >= 0.6 is 15.6 Å². The lowest BCUT2D eigenvalue weighted by atomic mass is 10.0. The standard InChI is InChI=1S/C89H148O17P2/c1-5-9-13-17-21-25-29-33-36-39-41-44-47-51-54-58-62-66-70-74-87(92)100-80-85(106-89(94)76-72-68-64-60-56-52-48-45-42-40-37-34-30-26-22-18-14-10-6-2)82-104-108(97,98)102-78-83(90)77-101-107(95,96)103-81-84(105-88(93)75-71-67-63-59-55-49-32-28-24-20-16-12-8-4)79-99-86(91)73-69-65-61-57-53-50-46-43-38-35-31-27-23-19-15-11-7-3/h9-11,13-15,21-23,25-27,33-38,41-42,44-45,51,54,62,66,83-85,90H,5-8,12,16-20,24,28-32,39-40,43,46-50,52-53,55-61,63-65,67-82H2,1-4H3,(H,95,96)(H,97,98)/b13-9-,14-10-,15-11-,25-21-,26-22-,27-23-,36-33-,37-34-,38-35-,44-41-,45-42-,54-51-,66-62-. The molecule has 0 aromatic heterocycles. The zero-order valence-corrected chi connectivity index (χ0v) is 69.3. The SMILES string of the molecule is CC/C=C\C/C=C\C/C=C\C/C=C\C/C=C\C/C=C\CCC(=O)OCC(COP(=O)(O)OCC(O)COP(=O)(O)OCC(COC(=O)CCCCCCCCC/C=C\C/C=C\C/C=C\CC)OC(=O)CCCCCCCCCCCCCCC)OC(=O)CCCCCCCC/C=C\C/C=C\C/C=C\C/C=C\CC. The fraction of sp³-hybridized carbons (Fsp3) is 0.663. The zero-order chi connectivity index (χ0) is 78.9. The summed E-state index contributed by atoms with van der Waals surface area (Å²) in [6, 6.07) is 0. The van der Waals surface area contributed by atoms with Crippen LogP contribution in [0.1, 0.15) is 323 Å². The van der Waals surface area contributed by atoms with Crippen molar-refractivity contribution in [2.45, 2.75) is 341 Å². The lowest BCUT2D eigenvalue weighted by molar-refractivity contribution is -0.161. The van der Waals surface area contributed by atoms with Crippen LogP contribution < -0.4 is 0 Å². The molecule has 616 valence electrons. The van der Waals surface area contributed by atoms with Crippen molar-refractivity contribution in [2.24, 2.45) is 0 Å². The Labute approximate surface area is 655 Å². The Morgan fingerprint density at radius 2 is 0.500 bits per heavy atom. The van der Waals surface area contributed by atoms with Gasteiger partial charge in [0.1, 0.15) is 19.3 Å². The quantitative estimate of drug-likeness (QED) is 0.0169. The second kappa shape index (κ2) is 79.8. The summed E-state index contributed by atoms with van der Waals surface area (Å²) >= 11 is 0. The van der Waals surface area contributed by atoms with E-state index < -0.39 is 97.5 Å². The number of carbonyl (C=O) groups is 4. The molecule has 0 saturated heterocycles. The summed E-state index contributed by atoms with van der Waals surface area (Å²) in [5.41, 5.74) is 0. The molecule has 0 aromatic rings. The van der Waals surface area contributed by atoms with E-state index in [0.29, 0.717) is 32.1 Å². The topological polar surface area (TPSA) is 237 Å². The molecule has 0 spiro atoms. The molecule has 0 amide bonds. The molecule has 3 N–H and O–H groups in total. The Kier molecular flexibility index (Phi) is 75.8. The van der Waals surface area contributed by atoms with Gasteiger partial charge in [-0.2, -0.15) is 0 Å². The molecule has 19 heteroatoms. The molecule has 0 fully saturated rings. The van der Waals surface area contributed by atoms with Gasteiger partial charge in [-0.3, -0.25) is 37.3 Å². The van der Waals surface area contributed by atoms with E-state index in [0.717, 1.165) is 186 Å². The molecule has 0 heterocycles. The van der Waals surface area contributed by atoms with Crippen molar-refractivity contribution in [1.82, 2.24) is 0 Å². The van der Waals surface area contributed by atoms with E-state index in [-0.39, 0.29) is 25.7 Å². The molecule has 0 aliphatic carbocycles. The minimum Gasteiger partial charge on any atom is -0.462 e. The maximum Gasteiger partial charge on any atom is 0.472 e. The predicted molar refractivity (Wildman–Crippen MR) is 445 cm³/mol. The number of allylic oxidation sites excluding steroid dienone is 26. The minimum atomic E-state index is -5.01. The van der Waals surface area contributed by atoms with Gasteiger partial charge in [-0.15, -0.1) is 0 Å². The van der Waals surface area contributed by atoms with E-state index in [4.69, 9.17) is 37.0 Å². The van der Waals surface area contributed by atoms with Crippen molar-refractivity contribution < 1.29 is 80.2 Å². The van der Waals surface area contributed by atoms with Crippen LogP contribution in [0.3, 0.4) is 0 Å². The number of hydrogen-bond donors (Lipinski definition) is 3. The lowest BCUT2D eigenvalue weighted by Crippen LogP contribution is -2.30. The molecule has 0 radical (unpaired) electrons. The second-order valence-corrected chi connectivity index (χ2v) is 30.2. The summed E-state index contributed by atoms with van der Waals surface area (Å²) in [7, 11) is -10.00.